The number of rotatable bonds is 3. The molecule has 0 aromatic heterocycles. The van der Waals surface area contributed by atoms with Gasteiger partial charge in [-0.3, -0.25) is 4.79 Å². The number of nitrogens with zero attached hydrogens (tertiary/aromatic N) is 1. The van der Waals surface area contributed by atoms with Crippen LogP contribution in [0.1, 0.15) is 13.8 Å². The largest absolute Gasteiger partial charge is 0.471 e. The maximum atomic E-state index is 12.0. The van der Waals surface area contributed by atoms with Crippen LogP contribution in [-0.4, -0.2) is 36.2 Å². The van der Waals surface area contributed by atoms with Crippen molar-refractivity contribution in [3.8, 4) is 0 Å². The van der Waals surface area contributed by atoms with Crippen molar-refractivity contribution >= 4 is 5.91 Å². The van der Waals surface area contributed by atoms with Crippen LogP contribution in [0.15, 0.2) is 0 Å². The van der Waals surface area contributed by atoms with E-state index >= 15 is 0 Å². The van der Waals surface area contributed by atoms with Gasteiger partial charge in [-0.05, 0) is 5.92 Å². The Morgan fingerprint density at radius 1 is 1.12 bits per heavy atom. The molecule has 16 heavy (non-hydrogen) atoms. The van der Waals surface area contributed by atoms with Crippen LogP contribution in [0.5, 0.6) is 0 Å². The van der Waals surface area contributed by atoms with E-state index in [2.05, 4.69) is 0 Å². The number of carbonyl (C=O) groups excluding carboxylic acids is 1. The summed E-state index contributed by atoms with van der Waals surface area (Å²) in [4.78, 5) is 10.4. The molecule has 0 aliphatic heterocycles. The van der Waals surface area contributed by atoms with Crippen LogP contribution in [-0.2, 0) is 4.79 Å². The van der Waals surface area contributed by atoms with Gasteiger partial charge in [0.05, 0.1) is 0 Å². The molecule has 0 rings (SSSR count). The molecular weight excluding hydrogens is 240 g/mol. The third-order valence-corrected chi connectivity index (χ3v) is 1.49. The van der Waals surface area contributed by atoms with Crippen molar-refractivity contribution in [3.05, 3.63) is 0 Å². The molecule has 0 heterocycles. The zero-order valence-electron chi connectivity index (χ0n) is 8.61. The molecule has 0 bridgehead atoms. The van der Waals surface area contributed by atoms with Gasteiger partial charge in [0.15, 0.2) is 0 Å². The molecule has 0 atom stereocenters. The lowest BCUT2D eigenvalue weighted by Gasteiger charge is -2.26. The third kappa shape index (κ3) is 5.82. The minimum atomic E-state index is -5.28. The van der Waals surface area contributed by atoms with Crippen LogP contribution in [0.25, 0.3) is 0 Å². The summed E-state index contributed by atoms with van der Waals surface area (Å²) in [7, 11) is 0. The molecule has 0 saturated heterocycles. The molecule has 2 nitrogen and oxygen atoms in total. The Hall–Kier alpha value is -0.950. The molecular formula is C8H11F6NO. The van der Waals surface area contributed by atoms with Gasteiger partial charge in [-0.15, -0.1) is 0 Å². The minimum Gasteiger partial charge on any atom is -0.326 e. The summed E-state index contributed by atoms with van der Waals surface area (Å²) in [6, 6.07) is 0. The van der Waals surface area contributed by atoms with Gasteiger partial charge < -0.3 is 4.90 Å². The van der Waals surface area contributed by atoms with E-state index in [1.165, 1.54) is 13.8 Å². The Morgan fingerprint density at radius 2 is 1.56 bits per heavy atom. The molecule has 0 radical (unpaired) electrons. The summed E-state index contributed by atoms with van der Waals surface area (Å²) in [5, 5.41) is 0. The van der Waals surface area contributed by atoms with Crippen LogP contribution in [0, 0.1) is 5.92 Å². The maximum Gasteiger partial charge on any atom is 0.471 e. The van der Waals surface area contributed by atoms with E-state index in [1.807, 2.05) is 0 Å². The van der Waals surface area contributed by atoms with Gasteiger partial charge in [0.25, 0.3) is 0 Å². The quantitative estimate of drug-likeness (QED) is 0.706. The summed E-state index contributed by atoms with van der Waals surface area (Å²) >= 11 is 0. The first-order chi connectivity index (χ1) is 6.93. The van der Waals surface area contributed by atoms with Gasteiger partial charge in [0, 0.05) is 6.54 Å². The standard InChI is InChI=1S/C8H11F6NO/c1-5(2)3-15(4-7(9,10)11)6(16)8(12,13)14/h5H,3-4H2,1-2H3. The van der Waals surface area contributed by atoms with E-state index in [9.17, 15) is 31.1 Å². The van der Waals surface area contributed by atoms with Crippen LogP contribution < -0.4 is 0 Å². The predicted octanol–water partition coefficient (Wildman–Crippen LogP) is 2.60. The van der Waals surface area contributed by atoms with Crippen molar-refractivity contribution in [3.63, 3.8) is 0 Å². The number of hydrogen-bond donors (Lipinski definition) is 0. The Balaban J connectivity index is 4.75. The van der Waals surface area contributed by atoms with Gasteiger partial charge in [0.1, 0.15) is 6.54 Å². The van der Waals surface area contributed by atoms with Crippen LogP contribution in [0.3, 0.4) is 0 Å². The number of carbonyl (C=O) groups is 1. The zero-order valence-corrected chi connectivity index (χ0v) is 8.61. The first kappa shape index (κ1) is 15.0. The van der Waals surface area contributed by atoms with Gasteiger partial charge in [-0.2, -0.15) is 26.3 Å². The van der Waals surface area contributed by atoms with Gasteiger partial charge in [-0.25, -0.2) is 0 Å². The highest BCUT2D eigenvalue weighted by molar-refractivity contribution is 5.81. The van der Waals surface area contributed by atoms with E-state index < -0.39 is 37.3 Å². The fourth-order valence-electron chi connectivity index (χ4n) is 1.06. The molecule has 0 aromatic carbocycles. The summed E-state index contributed by atoms with van der Waals surface area (Å²) < 4.78 is 71.7. The van der Waals surface area contributed by atoms with Crippen molar-refractivity contribution in [2.45, 2.75) is 26.2 Å². The van der Waals surface area contributed by atoms with Crippen molar-refractivity contribution in [2.75, 3.05) is 13.1 Å². The molecule has 8 heteroatoms. The topological polar surface area (TPSA) is 20.3 Å². The fourth-order valence-corrected chi connectivity index (χ4v) is 1.06. The second-order valence-corrected chi connectivity index (χ2v) is 3.69. The second-order valence-electron chi connectivity index (χ2n) is 3.69. The number of halogens is 6. The molecule has 1 amide bonds. The lowest BCUT2D eigenvalue weighted by atomic mass is 10.2. The van der Waals surface area contributed by atoms with Crippen molar-refractivity contribution in [1.82, 2.24) is 4.90 Å². The minimum absolute atomic E-state index is 0.231. The molecule has 96 valence electrons. The zero-order chi connectivity index (χ0) is 13.1. The smallest absolute Gasteiger partial charge is 0.326 e. The lowest BCUT2D eigenvalue weighted by Crippen LogP contribution is -2.47. The van der Waals surface area contributed by atoms with Gasteiger partial charge in [0.2, 0.25) is 0 Å². The number of alkyl halides is 6. The van der Waals surface area contributed by atoms with E-state index in [1.54, 1.807) is 0 Å². The van der Waals surface area contributed by atoms with Crippen molar-refractivity contribution in [2.24, 2.45) is 5.92 Å². The van der Waals surface area contributed by atoms with Crippen molar-refractivity contribution in [1.29, 1.82) is 0 Å². The normalized spacial score (nSPS) is 13.1. The average molecular weight is 251 g/mol. The Bertz CT molecular complexity index is 244. The van der Waals surface area contributed by atoms with Crippen LogP contribution in [0.4, 0.5) is 26.3 Å². The highest BCUT2D eigenvalue weighted by atomic mass is 19.4. The summed E-state index contributed by atoms with van der Waals surface area (Å²) in [6.45, 7) is 0.376. The van der Waals surface area contributed by atoms with Crippen LogP contribution >= 0.6 is 0 Å². The number of amides is 1. The first-order valence-electron chi connectivity index (χ1n) is 4.36. The number of hydrogen-bond acceptors (Lipinski definition) is 1. The highest BCUT2D eigenvalue weighted by Crippen LogP contribution is 2.23. The van der Waals surface area contributed by atoms with E-state index in [4.69, 9.17) is 0 Å². The fraction of sp³-hybridized carbons (Fsp3) is 0.875. The summed E-state index contributed by atoms with van der Waals surface area (Å²) in [5.74, 6) is -2.94. The van der Waals surface area contributed by atoms with Crippen molar-refractivity contribution < 1.29 is 31.1 Å². The second kappa shape index (κ2) is 4.92. The Morgan fingerprint density at radius 3 is 1.81 bits per heavy atom. The highest BCUT2D eigenvalue weighted by Gasteiger charge is 2.45. The lowest BCUT2D eigenvalue weighted by molar-refractivity contribution is -0.198. The maximum absolute atomic E-state index is 12.0. The van der Waals surface area contributed by atoms with E-state index in [-0.39, 0.29) is 4.90 Å². The average Bonchev–Trinajstić information content (AvgIpc) is 1.96. The molecule has 0 aliphatic rings. The van der Waals surface area contributed by atoms with E-state index in [0.29, 0.717) is 0 Å². The summed E-state index contributed by atoms with van der Waals surface area (Å²) in [5.41, 5.74) is 0. The molecule has 0 N–H and O–H groups in total. The SMILES string of the molecule is CC(C)CN(CC(F)(F)F)C(=O)C(F)(F)F. The molecule has 0 aromatic rings. The van der Waals surface area contributed by atoms with Gasteiger partial charge in [-0.1, -0.05) is 13.8 Å². The molecule has 0 unspecified atom stereocenters. The van der Waals surface area contributed by atoms with E-state index in [0.717, 1.165) is 0 Å². The predicted molar refractivity (Wildman–Crippen MR) is 43.5 cm³/mol. The first-order valence-corrected chi connectivity index (χ1v) is 4.36. The molecule has 0 saturated carbocycles. The summed E-state index contributed by atoms with van der Waals surface area (Å²) in [6.07, 6.45) is -10.1. The molecule has 0 aliphatic carbocycles. The Labute approximate surface area is 88.2 Å². The monoisotopic (exact) mass is 251 g/mol. The Kier molecular flexibility index (Phi) is 4.63. The van der Waals surface area contributed by atoms with Gasteiger partial charge >= 0.3 is 18.3 Å². The molecule has 0 fully saturated rings. The third-order valence-electron chi connectivity index (χ3n) is 1.49. The molecule has 0 spiro atoms. The van der Waals surface area contributed by atoms with Crippen LogP contribution in [0.2, 0.25) is 0 Å².